The number of nitrogens with one attached hydrogen (secondary N) is 2. The molecular weight excluding hydrogens is 366 g/mol. The predicted octanol–water partition coefficient (Wildman–Crippen LogP) is 1.87. The van der Waals surface area contributed by atoms with Crippen LogP contribution in [0.5, 0.6) is 0 Å². The molecule has 1 saturated heterocycles. The number of rotatable bonds is 4. The summed E-state index contributed by atoms with van der Waals surface area (Å²) in [6.45, 7) is 3.88. The summed E-state index contributed by atoms with van der Waals surface area (Å²) < 4.78 is 23.0. The summed E-state index contributed by atoms with van der Waals surface area (Å²) in [5, 5.41) is 5.52. The molecule has 0 radical (unpaired) electrons. The minimum absolute atomic E-state index is 0.0566. The summed E-state index contributed by atoms with van der Waals surface area (Å²) in [6.07, 6.45) is 3.14. The molecule has 1 fully saturated rings. The largest absolute Gasteiger partial charge is 0.348 e. The van der Waals surface area contributed by atoms with Crippen LogP contribution in [-0.2, 0) is 9.84 Å². The molecule has 1 atom stereocenters. The van der Waals surface area contributed by atoms with Gasteiger partial charge >= 0.3 is 0 Å². The van der Waals surface area contributed by atoms with Crippen molar-refractivity contribution in [2.24, 2.45) is 0 Å². The average molecular weight is 387 g/mol. The molecule has 1 aliphatic rings. The molecule has 7 nitrogen and oxygen atoms in total. The van der Waals surface area contributed by atoms with Crippen molar-refractivity contribution in [2.75, 3.05) is 16.8 Å². The summed E-state index contributed by atoms with van der Waals surface area (Å²) >= 11 is 0. The van der Waals surface area contributed by atoms with Gasteiger partial charge in [-0.15, -0.1) is 0 Å². The Morgan fingerprint density at radius 2 is 1.81 bits per heavy atom. The van der Waals surface area contributed by atoms with E-state index in [1.807, 2.05) is 32.0 Å². The maximum Gasteiger partial charge on any atom is 0.257 e. The van der Waals surface area contributed by atoms with E-state index in [1.54, 1.807) is 0 Å². The molecule has 1 aromatic heterocycles. The smallest absolute Gasteiger partial charge is 0.257 e. The van der Waals surface area contributed by atoms with E-state index in [0.717, 1.165) is 11.1 Å². The van der Waals surface area contributed by atoms with Crippen LogP contribution in [0.2, 0.25) is 0 Å². The fraction of sp³-hybridized carbons (Fsp3) is 0.316. The topological polar surface area (TPSA) is 105 Å². The second-order valence-corrected chi connectivity index (χ2v) is 8.97. The van der Waals surface area contributed by atoms with Gasteiger partial charge in [0, 0.05) is 24.1 Å². The molecule has 1 aliphatic heterocycles. The van der Waals surface area contributed by atoms with Crippen molar-refractivity contribution in [3.8, 4) is 0 Å². The summed E-state index contributed by atoms with van der Waals surface area (Å²) in [5.41, 5.74) is 3.20. The van der Waals surface area contributed by atoms with Gasteiger partial charge in [-0.3, -0.25) is 14.6 Å². The second-order valence-electron chi connectivity index (χ2n) is 6.74. The van der Waals surface area contributed by atoms with E-state index in [1.165, 1.54) is 18.5 Å². The van der Waals surface area contributed by atoms with Crippen LogP contribution in [0.15, 0.2) is 36.7 Å². The number of hydrogen-bond acceptors (Lipinski definition) is 5. The monoisotopic (exact) mass is 387 g/mol. The summed E-state index contributed by atoms with van der Waals surface area (Å²) in [6, 6.07) is 6.67. The van der Waals surface area contributed by atoms with Gasteiger partial charge in [0.2, 0.25) is 0 Å². The van der Waals surface area contributed by atoms with E-state index in [9.17, 15) is 18.0 Å². The van der Waals surface area contributed by atoms with Gasteiger partial charge < -0.3 is 10.6 Å². The maximum absolute atomic E-state index is 12.5. The summed E-state index contributed by atoms with van der Waals surface area (Å²) in [7, 11) is -3.08. The molecule has 3 rings (SSSR count). The highest BCUT2D eigenvalue weighted by Crippen LogP contribution is 2.19. The van der Waals surface area contributed by atoms with E-state index >= 15 is 0 Å². The zero-order chi connectivity index (χ0) is 19.6. The van der Waals surface area contributed by atoms with Crippen LogP contribution in [0.1, 0.15) is 38.3 Å². The Hall–Kier alpha value is -2.74. The molecule has 2 amide bonds. The van der Waals surface area contributed by atoms with Crippen molar-refractivity contribution < 1.29 is 18.0 Å². The lowest BCUT2D eigenvalue weighted by molar-refractivity contribution is 0.0940. The first-order valence-electron chi connectivity index (χ1n) is 8.59. The Balaban J connectivity index is 1.72. The third-order valence-electron chi connectivity index (χ3n) is 4.68. The molecule has 0 aliphatic carbocycles. The van der Waals surface area contributed by atoms with Gasteiger partial charge in [-0.25, -0.2) is 8.42 Å². The Morgan fingerprint density at radius 3 is 2.48 bits per heavy atom. The molecule has 8 heteroatoms. The molecule has 0 bridgehead atoms. The SMILES string of the molecule is Cc1cccc(NC(=O)c2cncc(C(=O)NC3CCS(=O)(=O)C3)c2)c1C. The molecule has 27 heavy (non-hydrogen) atoms. The van der Waals surface area contributed by atoms with Gasteiger partial charge in [0.15, 0.2) is 9.84 Å². The summed E-state index contributed by atoms with van der Waals surface area (Å²) in [5.74, 6) is -0.784. The van der Waals surface area contributed by atoms with E-state index in [2.05, 4.69) is 15.6 Å². The number of nitrogens with zero attached hydrogens (tertiary/aromatic N) is 1. The lowest BCUT2D eigenvalue weighted by Gasteiger charge is -2.12. The van der Waals surface area contributed by atoms with Gasteiger partial charge in [0.25, 0.3) is 11.8 Å². The van der Waals surface area contributed by atoms with Crippen molar-refractivity contribution >= 4 is 27.3 Å². The molecule has 0 spiro atoms. The van der Waals surface area contributed by atoms with E-state index in [-0.39, 0.29) is 28.5 Å². The number of pyridine rings is 1. The van der Waals surface area contributed by atoms with Crippen molar-refractivity contribution in [1.82, 2.24) is 10.3 Å². The van der Waals surface area contributed by atoms with E-state index in [4.69, 9.17) is 0 Å². The Bertz CT molecular complexity index is 1000. The van der Waals surface area contributed by atoms with Crippen LogP contribution < -0.4 is 10.6 Å². The number of benzene rings is 1. The van der Waals surface area contributed by atoms with Crippen LogP contribution >= 0.6 is 0 Å². The highest BCUT2D eigenvalue weighted by Gasteiger charge is 2.29. The van der Waals surface area contributed by atoms with Crippen LogP contribution in [0, 0.1) is 13.8 Å². The summed E-state index contributed by atoms with van der Waals surface area (Å²) in [4.78, 5) is 28.9. The first kappa shape index (κ1) is 19.0. The molecule has 2 N–H and O–H groups in total. The van der Waals surface area contributed by atoms with E-state index < -0.39 is 21.8 Å². The van der Waals surface area contributed by atoms with Gasteiger partial charge in [-0.2, -0.15) is 0 Å². The maximum atomic E-state index is 12.5. The number of aromatic nitrogens is 1. The number of carbonyl (C=O) groups is 2. The lowest BCUT2D eigenvalue weighted by Crippen LogP contribution is -2.35. The highest BCUT2D eigenvalue weighted by molar-refractivity contribution is 7.91. The Labute approximate surface area is 158 Å². The minimum atomic E-state index is -3.08. The molecule has 1 unspecified atom stereocenters. The molecule has 1 aromatic carbocycles. The van der Waals surface area contributed by atoms with Gasteiger partial charge in [0.05, 0.1) is 22.6 Å². The number of hydrogen-bond donors (Lipinski definition) is 2. The van der Waals surface area contributed by atoms with Gasteiger partial charge in [0.1, 0.15) is 0 Å². The van der Waals surface area contributed by atoms with Crippen molar-refractivity contribution in [3.05, 3.63) is 58.9 Å². The molecule has 0 saturated carbocycles. The second kappa shape index (κ2) is 7.48. The van der Waals surface area contributed by atoms with Gasteiger partial charge in [-0.05, 0) is 43.5 Å². The average Bonchev–Trinajstić information content (AvgIpc) is 2.97. The third-order valence-corrected chi connectivity index (χ3v) is 6.45. The first-order valence-corrected chi connectivity index (χ1v) is 10.4. The van der Waals surface area contributed by atoms with Crippen molar-refractivity contribution in [1.29, 1.82) is 0 Å². The lowest BCUT2D eigenvalue weighted by atomic mass is 10.1. The van der Waals surface area contributed by atoms with Crippen LogP contribution in [0.4, 0.5) is 5.69 Å². The van der Waals surface area contributed by atoms with Crippen molar-refractivity contribution in [2.45, 2.75) is 26.3 Å². The van der Waals surface area contributed by atoms with E-state index in [0.29, 0.717) is 12.1 Å². The number of amides is 2. The highest BCUT2D eigenvalue weighted by atomic mass is 32.2. The van der Waals surface area contributed by atoms with Gasteiger partial charge in [-0.1, -0.05) is 12.1 Å². The van der Waals surface area contributed by atoms with Crippen LogP contribution in [0.3, 0.4) is 0 Å². The normalized spacial score (nSPS) is 18.1. The molecular formula is C19H21N3O4S. The number of carbonyl (C=O) groups excluding carboxylic acids is 2. The molecule has 2 aromatic rings. The zero-order valence-electron chi connectivity index (χ0n) is 15.2. The number of sulfone groups is 1. The fourth-order valence-corrected chi connectivity index (χ4v) is 4.62. The quantitative estimate of drug-likeness (QED) is 0.833. The minimum Gasteiger partial charge on any atom is -0.348 e. The Kier molecular flexibility index (Phi) is 5.27. The third kappa shape index (κ3) is 4.51. The molecule has 142 valence electrons. The predicted molar refractivity (Wildman–Crippen MR) is 103 cm³/mol. The Morgan fingerprint density at radius 1 is 1.11 bits per heavy atom. The zero-order valence-corrected chi connectivity index (χ0v) is 16.0. The number of aryl methyl sites for hydroxylation is 1. The molecule has 2 heterocycles. The van der Waals surface area contributed by atoms with Crippen LogP contribution in [-0.4, -0.2) is 42.8 Å². The first-order chi connectivity index (χ1) is 12.7. The standard InChI is InChI=1S/C19H21N3O4S/c1-12-4-3-5-17(13(12)2)22-19(24)15-8-14(9-20-10-15)18(23)21-16-6-7-27(25,26)11-16/h3-5,8-10,16H,6-7,11H2,1-2H3,(H,21,23)(H,22,24). The number of anilines is 1. The van der Waals surface area contributed by atoms with Crippen molar-refractivity contribution in [3.63, 3.8) is 0 Å². The van der Waals surface area contributed by atoms with Crippen LogP contribution in [0.25, 0.3) is 0 Å². The fourth-order valence-electron chi connectivity index (χ4n) is 2.95.